The Hall–Kier alpha value is -2.36. The summed E-state index contributed by atoms with van der Waals surface area (Å²) in [5, 5.41) is 12.2. The van der Waals surface area contributed by atoms with Gasteiger partial charge in [-0.3, -0.25) is 0 Å². The second-order valence-electron chi connectivity index (χ2n) is 5.37. The van der Waals surface area contributed by atoms with E-state index in [4.69, 9.17) is 5.11 Å². The van der Waals surface area contributed by atoms with E-state index in [1.165, 1.54) is 18.2 Å². The fourth-order valence-electron chi connectivity index (χ4n) is 2.50. The van der Waals surface area contributed by atoms with Gasteiger partial charge in [-0.15, -0.1) is 0 Å². The van der Waals surface area contributed by atoms with E-state index in [1.807, 2.05) is 30.3 Å². The third kappa shape index (κ3) is 3.05. The topological polar surface area (TPSA) is 49.3 Å². The molecule has 1 atom stereocenters. The maximum absolute atomic E-state index is 13.9. The molecule has 0 heterocycles. The van der Waals surface area contributed by atoms with E-state index in [1.54, 1.807) is 0 Å². The zero-order valence-electron chi connectivity index (χ0n) is 11.4. The van der Waals surface area contributed by atoms with E-state index in [0.29, 0.717) is 5.92 Å². The van der Waals surface area contributed by atoms with Crippen LogP contribution in [0.3, 0.4) is 0 Å². The molecule has 2 aromatic carbocycles. The van der Waals surface area contributed by atoms with Crippen LogP contribution in [0.25, 0.3) is 0 Å². The number of aromatic carboxylic acids is 1. The highest BCUT2D eigenvalue weighted by Crippen LogP contribution is 2.43. The van der Waals surface area contributed by atoms with Crippen LogP contribution in [0.1, 0.15) is 34.8 Å². The van der Waals surface area contributed by atoms with Crippen molar-refractivity contribution in [3.8, 4) is 0 Å². The molecule has 0 saturated heterocycles. The third-order valence-electron chi connectivity index (χ3n) is 3.78. The van der Waals surface area contributed by atoms with Gasteiger partial charge in [0.1, 0.15) is 5.82 Å². The van der Waals surface area contributed by atoms with Crippen LogP contribution in [-0.4, -0.2) is 11.1 Å². The predicted octanol–water partition coefficient (Wildman–Crippen LogP) is 4.09. The van der Waals surface area contributed by atoms with Crippen LogP contribution in [0.15, 0.2) is 48.5 Å². The molecule has 2 aromatic rings. The van der Waals surface area contributed by atoms with Gasteiger partial charge in [-0.1, -0.05) is 30.3 Å². The minimum absolute atomic E-state index is 0.0183. The fraction of sp³-hybridized carbons (Fsp3) is 0.235. The van der Waals surface area contributed by atoms with E-state index >= 15 is 0 Å². The van der Waals surface area contributed by atoms with Crippen LogP contribution >= 0.6 is 0 Å². The summed E-state index contributed by atoms with van der Waals surface area (Å²) >= 11 is 0. The van der Waals surface area contributed by atoms with E-state index in [2.05, 4.69) is 5.32 Å². The number of benzene rings is 2. The van der Waals surface area contributed by atoms with E-state index < -0.39 is 11.8 Å². The first-order chi connectivity index (χ1) is 10.1. The molecular weight excluding hydrogens is 269 g/mol. The Morgan fingerprint density at radius 2 is 1.90 bits per heavy atom. The number of anilines is 1. The van der Waals surface area contributed by atoms with Crippen LogP contribution in [0.5, 0.6) is 0 Å². The smallest absolute Gasteiger partial charge is 0.335 e. The molecule has 1 aliphatic rings. The number of nitrogens with one attached hydrogen (secondary N) is 1. The largest absolute Gasteiger partial charge is 0.478 e. The molecule has 108 valence electrons. The number of rotatable bonds is 5. The zero-order chi connectivity index (χ0) is 14.8. The van der Waals surface area contributed by atoms with E-state index in [9.17, 15) is 9.18 Å². The summed E-state index contributed by atoms with van der Waals surface area (Å²) in [5.41, 5.74) is 1.43. The normalized spacial score (nSPS) is 15.5. The Balaban J connectivity index is 1.90. The Morgan fingerprint density at radius 1 is 1.19 bits per heavy atom. The van der Waals surface area contributed by atoms with Gasteiger partial charge in [-0.25, -0.2) is 9.18 Å². The molecule has 0 spiro atoms. The lowest BCUT2D eigenvalue weighted by atomic mass is 10.0. The molecule has 1 saturated carbocycles. The van der Waals surface area contributed by atoms with Crippen molar-refractivity contribution in [3.05, 3.63) is 65.5 Å². The van der Waals surface area contributed by atoms with Crippen LogP contribution in [0, 0.1) is 11.7 Å². The minimum atomic E-state index is -1.05. The first kappa shape index (κ1) is 13.6. The number of carboxylic acids is 1. The van der Waals surface area contributed by atoms with Gasteiger partial charge >= 0.3 is 5.97 Å². The van der Waals surface area contributed by atoms with Crippen LogP contribution in [-0.2, 0) is 0 Å². The van der Waals surface area contributed by atoms with Gasteiger partial charge in [-0.2, -0.15) is 0 Å². The average molecular weight is 285 g/mol. The van der Waals surface area contributed by atoms with Crippen molar-refractivity contribution < 1.29 is 14.3 Å². The molecule has 0 radical (unpaired) electrons. The summed E-state index contributed by atoms with van der Waals surface area (Å²) in [6.45, 7) is 0. The summed E-state index contributed by atoms with van der Waals surface area (Å²) in [6, 6.07) is 13.7. The van der Waals surface area contributed by atoms with E-state index in [0.717, 1.165) is 18.4 Å². The van der Waals surface area contributed by atoms with E-state index in [-0.39, 0.29) is 17.3 Å². The highest BCUT2D eigenvalue weighted by Gasteiger charge is 2.32. The van der Waals surface area contributed by atoms with Crippen molar-refractivity contribution in [3.63, 3.8) is 0 Å². The van der Waals surface area contributed by atoms with Gasteiger partial charge in [0.25, 0.3) is 0 Å². The molecule has 0 amide bonds. The Kier molecular flexibility index (Phi) is 3.60. The lowest BCUT2D eigenvalue weighted by Crippen LogP contribution is -2.14. The first-order valence-electron chi connectivity index (χ1n) is 6.99. The summed E-state index contributed by atoms with van der Waals surface area (Å²) in [6.07, 6.45) is 2.21. The number of carbonyl (C=O) groups is 1. The number of halogens is 1. The number of carboxylic acid groups (broad SMARTS) is 1. The Bertz CT molecular complexity index is 653. The van der Waals surface area contributed by atoms with Gasteiger partial charge < -0.3 is 10.4 Å². The van der Waals surface area contributed by atoms with Gasteiger partial charge in [0, 0.05) is 0 Å². The average Bonchev–Trinajstić information content (AvgIpc) is 3.31. The van der Waals surface area contributed by atoms with Crippen molar-refractivity contribution in [2.24, 2.45) is 5.92 Å². The highest BCUT2D eigenvalue weighted by molar-refractivity contribution is 5.88. The molecule has 0 aromatic heterocycles. The first-order valence-corrected chi connectivity index (χ1v) is 6.99. The summed E-state index contributed by atoms with van der Waals surface area (Å²) in [5.74, 6) is -1.01. The summed E-state index contributed by atoms with van der Waals surface area (Å²) < 4.78 is 13.9. The molecule has 1 unspecified atom stereocenters. The second-order valence-corrected chi connectivity index (χ2v) is 5.37. The number of hydrogen-bond acceptors (Lipinski definition) is 2. The third-order valence-corrected chi connectivity index (χ3v) is 3.78. The van der Waals surface area contributed by atoms with Gasteiger partial charge in [0.15, 0.2) is 0 Å². The fourth-order valence-corrected chi connectivity index (χ4v) is 2.50. The van der Waals surface area contributed by atoms with Gasteiger partial charge in [-0.05, 0) is 42.5 Å². The Morgan fingerprint density at radius 3 is 2.52 bits per heavy atom. The quantitative estimate of drug-likeness (QED) is 0.870. The molecule has 0 aliphatic heterocycles. The minimum Gasteiger partial charge on any atom is -0.478 e. The molecule has 1 fully saturated rings. The zero-order valence-corrected chi connectivity index (χ0v) is 11.4. The van der Waals surface area contributed by atoms with Crippen molar-refractivity contribution in [2.45, 2.75) is 18.9 Å². The van der Waals surface area contributed by atoms with Crippen LogP contribution in [0.4, 0.5) is 10.1 Å². The van der Waals surface area contributed by atoms with Gasteiger partial charge in [0.2, 0.25) is 0 Å². The summed E-state index contributed by atoms with van der Waals surface area (Å²) in [7, 11) is 0. The van der Waals surface area contributed by atoms with Crippen molar-refractivity contribution in [2.75, 3.05) is 5.32 Å². The number of hydrogen-bond donors (Lipinski definition) is 2. The molecule has 4 heteroatoms. The van der Waals surface area contributed by atoms with Crippen LogP contribution in [0.2, 0.25) is 0 Å². The standard InChI is InChI=1S/C17H16FNO2/c18-14-9-8-13(17(20)21)10-15(14)19-16(12-6-7-12)11-4-2-1-3-5-11/h1-5,8-10,12,16,19H,6-7H2,(H,20,21). The SMILES string of the molecule is O=C(O)c1ccc(F)c(NC(c2ccccc2)C2CC2)c1. The van der Waals surface area contributed by atoms with Crippen molar-refractivity contribution >= 4 is 11.7 Å². The molecule has 3 nitrogen and oxygen atoms in total. The molecular formula is C17H16FNO2. The molecule has 0 bridgehead atoms. The Labute approximate surface area is 122 Å². The monoisotopic (exact) mass is 285 g/mol. The molecule has 2 N–H and O–H groups in total. The second kappa shape index (κ2) is 5.56. The molecule has 21 heavy (non-hydrogen) atoms. The van der Waals surface area contributed by atoms with Crippen molar-refractivity contribution in [1.82, 2.24) is 0 Å². The maximum atomic E-state index is 13.9. The molecule has 3 rings (SSSR count). The lowest BCUT2D eigenvalue weighted by molar-refractivity contribution is 0.0697. The lowest BCUT2D eigenvalue weighted by Gasteiger charge is -2.20. The van der Waals surface area contributed by atoms with Crippen LogP contribution < -0.4 is 5.32 Å². The maximum Gasteiger partial charge on any atom is 0.335 e. The predicted molar refractivity (Wildman–Crippen MR) is 78.9 cm³/mol. The van der Waals surface area contributed by atoms with Crippen molar-refractivity contribution in [1.29, 1.82) is 0 Å². The summed E-state index contributed by atoms with van der Waals surface area (Å²) in [4.78, 5) is 11.0. The highest BCUT2D eigenvalue weighted by atomic mass is 19.1. The molecule has 1 aliphatic carbocycles. The van der Waals surface area contributed by atoms with Gasteiger partial charge in [0.05, 0.1) is 17.3 Å².